The van der Waals surface area contributed by atoms with Crippen molar-refractivity contribution in [2.75, 3.05) is 18.2 Å². The zero-order valence-corrected chi connectivity index (χ0v) is 19.6. The van der Waals surface area contributed by atoms with Gasteiger partial charge in [0.25, 0.3) is 5.91 Å². The first kappa shape index (κ1) is 24.0. The van der Waals surface area contributed by atoms with Crippen LogP contribution in [0, 0.1) is 5.82 Å². The maximum atomic E-state index is 13.1. The number of para-hydroxylation sites is 2. The molecule has 3 aromatic carbocycles. The smallest absolute Gasteiger partial charge is 0.255 e. The number of amides is 2. The van der Waals surface area contributed by atoms with Crippen molar-refractivity contribution in [3.8, 4) is 11.4 Å². The molecule has 1 heterocycles. The van der Waals surface area contributed by atoms with Crippen LogP contribution in [0.1, 0.15) is 16.2 Å². The minimum atomic E-state index is -0.376. The number of aromatic nitrogens is 3. The largest absolute Gasteiger partial charge is 0.496 e. The summed E-state index contributed by atoms with van der Waals surface area (Å²) < 4.78 is 20.1. The number of carbonyl (C=O) groups is 2. The van der Waals surface area contributed by atoms with Crippen LogP contribution in [0.25, 0.3) is 5.69 Å². The molecule has 0 unspecified atom stereocenters. The average Bonchev–Trinajstić information content (AvgIpc) is 3.30. The fraction of sp³-hybridized carbons (Fsp3) is 0.120. The Morgan fingerprint density at radius 1 is 0.971 bits per heavy atom. The van der Waals surface area contributed by atoms with Gasteiger partial charge >= 0.3 is 0 Å². The maximum Gasteiger partial charge on any atom is 0.255 e. The lowest BCUT2D eigenvalue weighted by Crippen LogP contribution is -2.25. The predicted octanol–water partition coefficient (Wildman–Crippen LogP) is 4.08. The first-order chi connectivity index (χ1) is 17.0. The summed E-state index contributed by atoms with van der Waals surface area (Å²) in [5.74, 6) is 0.0845. The van der Waals surface area contributed by atoms with Crippen LogP contribution in [-0.2, 0) is 11.3 Å². The van der Waals surface area contributed by atoms with Gasteiger partial charge in [0, 0.05) is 11.4 Å². The number of methoxy groups -OCH3 is 1. The third-order valence-corrected chi connectivity index (χ3v) is 5.86. The highest BCUT2D eigenvalue weighted by Crippen LogP contribution is 2.23. The van der Waals surface area contributed by atoms with Crippen LogP contribution in [0.3, 0.4) is 0 Å². The van der Waals surface area contributed by atoms with Crippen LogP contribution >= 0.6 is 11.8 Å². The average molecular weight is 492 g/mol. The van der Waals surface area contributed by atoms with Crippen molar-refractivity contribution in [2.24, 2.45) is 0 Å². The second kappa shape index (κ2) is 11.3. The van der Waals surface area contributed by atoms with Crippen molar-refractivity contribution in [3.05, 3.63) is 96.1 Å². The molecule has 0 aliphatic carbocycles. The summed E-state index contributed by atoms with van der Waals surface area (Å²) in [5, 5.41) is 14.6. The van der Waals surface area contributed by atoms with Gasteiger partial charge in [0.2, 0.25) is 5.91 Å². The van der Waals surface area contributed by atoms with Crippen LogP contribution in [0.5, 0.6) is 5.75 Å². The lowest BCUT2D eigenvalue weighted by Gasteiger charge is -2.12. The lowest BCUT2D eigenvalue weighted by atomic mass is 10.2. The Morgan fingerprint density at radius 2 is 1.69 bits per heavy atom. The van der Waals surface area contributed by atoms with Gasteiger partial charge in [-0.1, -0.05) is 42.1 Å². The Labute approximate surface area is 205 Å². The summed E-state index contributed by atoms with van der Waals surface area (Å²) in [4.78, 5) is 25.1. The molecule has 4 rings (SSSR count). The van der Waals surface area contributed by atoms with Gasteiger partial charge in [0.05, 0.1) is 25.0 Å². The zero-order valence-electron chi connectivity index (χ0n) is 18.8. The Kier molecular flexibility index (Phi) is 7.74. The predicted molar refractivity (Wildman–Crippen MR) is 131 cm³/mol. The van der Waals surface area contributed by atoms with E-state index in [2.05, 4.69) is 20.8 Å². The van der Waals surface area contributed by atoms with Crippen LogP contribution in [0.4, 0.5) is 10.1 Å². The Morgan fingerprint density at radius 3 is 2.43 bits per heavy atom. The molecule has 0 fully saturated rings. The van der Waals surface area contributed by atoms with E-state index in [0.717, 1.165) is 5.69 Å². The van der Waals surface area contributed by atoms with Gasteiger partial charge in [-0.15, -0.1) is 10.2 Å². The van der Waals surface area contributed by atoms with Crippen molar-refractivity contribution in [1.29, 1.82) is 0 Å². The van der Waals surface area contributed by atoms with E-state index >= 15 is 0 Å². The summed E-state index contributed by atoms with van der Waals surface area (Å²) in [6.45, 7) is 0.112. The van der Waals surface area contributed by atoms with Crippen molar-refractivity contribution in [3.63, 3.8) is 0 Å². The van der Waals surface area contributed by atoms with E-state index < -0.39 is 0 Å². The van der Waals surface area contributed by atoms with E-state index in [4.69, 9.17) is 4.74 Å². The highest BCUT2D eigenvalue weighted by molar-refractivity contribution is 7.99. The highest BCUT2D eigenvalue weighted by atomic mass is 32.2. The molecular formula is C25H22FN5O3S. The quantitative estimate of drug-likeness (QED) is 0.343. The van der Waals surface area contributed by atoms with Crippen LogP contribution in [0.2, 0.25) is 0 Å². The molecule has 4 aromatic rings. The van der Waals surface area contributed by atoms with Gasteiger partial charge in [-0.2, -0.15) is 0 Å². The number of ether oxygens (including phenoxy) is 1. The standard InChI is InChI=1S/C25H22FN5O3S/c1-34-21-10-6-5-9-20(21)24(33)27-15-22-29-30-25(31(22)19-7-3-2-4-8-19)35-16-23(32)28-18-13-11-17(26)12-14-18/h2-14H,15-16H2,1H3,(H,27,33)(H,28,32). The fourth-order valence-electron chi connectivity index (χ4n) is 3.29. The van der Waals surface area contributed by atoms with Crippen LogP contribution in [-0.4, -0.2) is 39.4 Å². The first-order valence-electron chi connectivity index (χ1n) is 10.6. The first-order valence-corrected chi connectivity index (χ1v) is 11.6. The minimum absolute atomic E-state index is 0.0654. The summed E-state index contributed by atoms with van der Waals surface area (Å²) in [7, 11) is 1.51. The van der Waals surface area contributed by atoms with Gasteiger partial charge in [-0.05, 0) is 48.5 Å². The molecule has 35 heavy (non-hydrogen) atoms. The molecule has 0 radical (unpaired) electrons. The number of nitrogens with one attached hydrogen (secondary N) is 2. The van der Waals surface area contributed by atoms with Gasteiger partial charge < -0.3 is 15.4 Å². The maximum absolute atomic E-state index is 13.1. The molecule has 0 aliphatic rings. The van der Waals surface area contributed by atoms with E-state index in [1.54, 1.807) is 28.8 Å². The molecule has 2 amide bonds. The summed E-state index contributed by atoms with van der Waals surface area (Å²) in [6.07, 6.45) is 0. The van der Waals surface area contributed by atoms with E-state index in [1.807, 2.05) is 30.3 Å². The van der Waals surface area contributed by atoms with Crippen LogP contribution < -0.4 is 15.4 Å². The second-order valence-electron chi connectivity index (χ2n) is 7.30. The molecule has 0 atom stereocenters. The number of hydrogen-bond donors (Lipinski definition) is 2. The number of carbonyl (C=O) groups excluding carboxylic acids is 2. The third kappa shape index (κ3) is 6.04. The van der Waals surface area contributed by atoms with Gasteiger partial charge in [-0.25, -0.2) is 4.39 Å². The van der Waals surface area contributed by atoms with Crippen molar-refractivity contribution >= 4 is 29.3 Å². The molecule has 8 nitrogen and oxygen atoms in total. The number of benzene rings is 3. The third-order valence-electron chi connectivity index (χ3n) is 4.93. The van der Waals surface area contributed by atoms with E-state index in [-0.39, 0.29) is 29.9 Å². The number of thioether (sulfide) groups is 1. The molecule has 0 bridgehead atoms. The highest BCUT2D eigenvalue weighted by Gasteiger charge is 2.18. The Hall–Kier alpha value is -4.18. The molecular weight excluding hydrogens is 469 g/mol. The monoisotopic (exact) mass is 491 g/mol. The summed E-state index contributed by atoms with van der Waals surface area (Å²) in [6, 6.07) is 21.9. The second-order valence-corrected chi connectivity index (χ2v) is 8.24. The molecule has 10 heteroatoms. The topological polar surface area (TPSA) is 98.1 Å². The van der Waals surface area contributed by atoms with E-state index in [9.17, 15) is 14.0 Å². The number of rotatable bonds is 9. The Balaban J connectivity index is 1.48. The van der Waals surface area contributed by atoms with Crippen LogP contribution in [0.15, 0.2) is 84.0 Å². The van der Waals surface area contributed by atoms with E-state index in [1.165, 1.54) is 43.1 Å². The van der Waals surface area contributed by atoms with Gasteiger partial charge in [-0.3, -0.25) is 14.2 Å². The van der Waals surface area contributed by atoms with Crippen molar-refractivity contribution < 1.29 is 18.7 Å². The van der Waals surface area contributed by atoms with Crippen molar-refractivity contribution in [2.45, 2.75) is 11.7 Å². The van der Waals surface area contributed by atoms with Gasteiger partial charge in [0.1, 0.15) is 11.6 Å². The van der Waals surface area contributed by atoms with E-state index in [0.29, 0.717) is 28.0 Å². The molecule has 178 valence electrons. The number of anilines is 1. The SMILES string of the molecule is COc1ccccc1C(=O)NCc1nnc(SCC(=O)Nc2ccc(F)cc2)n1-c1ccccc1. The normalized spacial score (nSPS) is 10.6. The molecule has 0 saturated heterocycles. The molecule has 0 saturated carbocycles. The van der Waals surface area contributed by atoms with Gasteiger partial charge in [0.15, 0.2) is 11.0 Å². The fourth-order valence-corrected chi connectivity index (χ4v) is 4.06. The molecule has 0 aliphatic heterocycles. The molecule has 0 spiro atoms. The molecule has 2 N–H and O–H groups in total. The minimum Gasteiger partial charge on any atom is -0.496 e. The number of nitrogens with zero attached hydrogens (tertiary/aromatic N) is 3. The molecule has 1 aromatic heterocycles. The number of halogens is 1. The summed E-state index contributed by atoms with van der Waals surface area (Å²) >= 11 is 1.20. The lowest BCUT2D eigenvalue weighted by molar-refractivity contribution is -0.113. The summed E-state index contributed by atoms with van der Waals surface area (Å²) in [5.41, 5.74) is 1.70. The Bertz CT molecular complexity index is 1310. The van der Waals surface area contributed by atoms with Crippen molar-refractivity contribution in [1.82, 2.24) is 20.1 Å². The zero-order chi connectivity index (χ0) is 24.6. The number of hydrogen-bond acceptors (Lipinski definition) is 6.